The second-order valence-corrected chi connectivity index (χ2v) is 8.29. The molecule has 0 spiro atoms. The smallest absolute Gasteiger partial charge is 0.347 e. The van der Waals surface area contributed by atoms with Crippen molar-refractivity contribution in [1.29, 1.82) is 0 Å². The van der Waals surface area contributed by atoms with E-state index in [1.54, 1.807) is 12.1 Å². The first-order valence-electron chi connectivity index (χ1n) is 8.92. The number of ether oxygens (including phenoxy) is 3. The number of ketones is 1. The Labute approximate surface area is 169 Å². The fraction of sp³-hybridized carbons (Fsp3) is 0.300. The van der Waals surface area contributed by atoms with Crippen LogP contribution >= 0.6 is 0 Å². The van der Waals surface area contributed by atoms with E-state index >= 15 is 0 Å². The minimum atomic E-state index is -3.78. The van der Waals surface area contributed by atoms with Crippen molar-refractivity contribution in [2.24, 2.45) is 0 Å². The summed E-state index contributed by atoms with van der Waals surface area (Å²) in [4.78, 5) is 24.0. The minimum Gasteiger partial charge on any atom is -0.496 e. The third kappa shape index (κ3) is 4.64. The summed E-state index contributed by atoms with van der Waals surface area (Å²) in [6.45, 7) is 2.57. The van der Waals surface area contributed by atoms with Crippen LogP contribution in [0.25, 0.3) is 0 Å². The molecule has 0 atom stereocenters. The summed E-state index contributed by atoms with van der Waals surface area (Å²) in [5, 5.41) is 0. The quantitative estimate of drug-likeness (QED) is 0.402. The average Bonchev–Trinajstić information content (AvgIpc) is 2.74. The molecule has 0 unspecified atom stereocenters. The zero-order valence-electron chi connectivity index (χ0n) is 16.1. The second kappa shape index (κ2) is 8.73. The largest absolute Gasteiger partial charge is 0.496 e. The van der Waals surface area contributed by atoms with Gasteiger partial charge in [-0.15, -0.1) is 0 Å². The van der Waals surface area contributed by atoms with Gasteiger partial charge in [0.05, 0.1) is 25.2 Å². The minimum absolute atomic E-state index is 0.0162. The van der Waals surface area contributed by atoms with Gasteiger partial charge in [0.1, 0.15) is 17.1 Å². The van der Waals surface area contributed by atoms with Crippen LogP contribution in [0, 0.1) is 0 Å². The van der Waals surface area contributed by atoms with Crippen molar-refractivity contribution < 1.29 is 32.2 Å². The molecule has 0 aliphatic carbocycles. The molecular formula is C20H21NO7S. The lowest BCUT2D eigenvalue weighted by Crippen LogP contribution is -2.40. The molecule has 0 N–H and O–H groups in total. The molecule has 0 aromatic heterocycles. The van der Waals surface area contributed by atoms with Crippen molar-refractivity contribution in [3.63, 3.8) is 0 Å². The Morgan fingerprint density at radius 1 is 1.03 bits per heavy atom. The van der Waals surface area contributed by atoms with Gasteiger partial charge in [-0.2, -0.15) is 4.31 Å². The molecule has 1 fully saturated rings. The van der Waals surface area contributed by atoms with E-state index in [-0.39, 0.29) is 40.8 Å². The summed E-state index contributed by atoms with van der Waals surface area (Å²) >= 11 is 0. The van der Waals surface area contributed by atoms with E-state index < -0.39 is 16.0 Å². The molecule has 154 valence electrons. The van der Waals surface area contributed by atoms with Crippen LogP contribution in [0.3, 0.4) is 0 Å². The van der Waals surface area contributed by atoms with E-state index in [9.17, 15) is 18.0 Å². The maximum Gasteiger partial charge on any atom is 0.347 e. The molecule has 1 aliphatic rings. The number of benzene rings is 2. The number of esters is 1. The molecule has 0 amide bonds. The van der Waals surface area contributed by atoms with Crippen molar-refractivity contribution in [2.75, 3.05) is 33.4 Å². The predicted molar refractivity (Wildman–Crippen MR) is 104 cm³/mol. The zero-order valence-corrected chi connectivity index (χ0v) is 16.9. The number of sulfonamides is 1. The SMILES string of the molecule is COc1ccc(S(=O)(=O)N2CCOCC2)cc1C(=O)Oc1ccc(C(C)=O)cc1. The zero-order chi connectivity index (χ0) is 21.0. The number of hydrogen-bond acceptors (Lipinski definition) is 7. The Hall–Kier alpha value is -2.75. The summed E-state index contributed by atoms with van der Waals surface area (Å²) in [6, 6.07) is 10.1. The van der Waals surface area contributed by atoms with E-state index in [0.29, 0.717) is 18.8 Å². The Morgan fingerprint density at radius 3 is 2.28 bits per heavy atom. The number of Topliss-reactive ketones (excluding diaryl/α,β-unsaturated/α-hetero) is 1. The number of morpholine rings is 1. The lowest BCUT2D eigenvalue weighted by Gasteiger charge is -2.26. The number of carbonyl (C=O) groups is 2. The summed E-state index contributed by atoms with van der Waals surface area (Å²) in [7, 11) is -2.40. The van der Waals surface area contributed by atoms with Crippen LogP contribution in [0.2, 0.25) is 0 Å². The van der Waals surface area contributed by atoms with Crippen LogP contribution in [0.1, 0.15) is 27.6 Å². The van der Waals surface area contributed by atoms with Gasteiger partial charge < -0.3 is 14.2 Å². The molecule has 1 heterocycles. The Kier molecular flexibility index (Phi) is 6.31. The van der Waals surface area contributed by atoms with Crippen molar-refractivity contribution in [3.05, 3.63) is 53.6 Å². The molecule has 0 saturated carbocycles. The lowest BCUT2D eigenvalue weighted by molar-refractivity contribution is 0.0725. The normalized spacial score (nSPS) is 15.0. The van der Waals surface area contributed by atoms with E-state index in [4.69, 9.17) is 14.2 Å². The highest BCUT2D eigenvalue weighted by Gasteiger charge is 2.28. The number of hydrogen-bond donors (Lipinski definition) is 0. The van der Waals surface area contributed by atoms with Gasteiger partial charge in [0.25, 0.3) is 0 Å². The van der Waals surface area contributed by atoms with Crippen LogP contribution in [0.15, 0.2) is 47.4 Å². The fourth-order valence-corrected chi connectivity index (χ4v) is 4.30. The Morgan fingerprint density at radius 2 is 1.69 bits per heavy atom. The van der Waals surface area contributed by atoms with Gasteiger partial charge in [0.2, 0.25) is 10.0 Å². The number of nitrogens with zero attached hydrogens (tertiary/aromatic N) is 1. The van der Waals surface area contributed by atoms with E-state index in [1.807, 2.05) is 0 Å². The molecule has 2 aromatic carbocycles. The third-order valence-electron chi connectivity index (χ3n) is 4.47. The molecule has 3 rings (SSSR count). The molecule has 29 heavy (non-hydrogen) atoms. The van der Waals surface area contributed by atoms with E-state index in [0.717, 1.165) is 0 Å². The van der Waals surface area contributed by atoms with Gasteiger partial charge >= 0.3 is 5.97 Å². The van der Waals surface area contributed by atoms with Crippen molar-refractivity contribution in [3.8, 4) is 11.5 Å². The molecule has 8 nitrogen and oxygen atoms in total. The molecule has 0 bridgehead atoms. The predicted octanol–water partition coefficient (Wildman–Crippen LogP) is 2.14. The summed E-state index contributed by atoms with van der Waals surface area (Å²) in [5.74, 6) is -0.457. The van der Waals surface area contributed by atoms with Gasteiger partial charge in [-0.25, -0.2) is 13.2 Å². The maximum absolute atomic E-state index is 12.9. The van der Waals surface area contributed by atoms with Crippen LogP contribution < -0.4 is 9.47 Å². The van der Waals surface area contributed by atoms with E-state index in [1.165, 1.54) is 48.7 Å². The topological polar surface area (TPSA) is 99.2 Å². The maximum atomic E-state index is 12.9. The molecule has 2 aromatic rings. The van der Waals surface area contributed by atoms with Crippen LogP contribution in [-0.4, -0.2) is 57.9 Å². The van der Waals surface area contributed by atoms with Crippen LogP contribution in [0.5, 0.6) is 11.5 Å². The highest BCUT2D eigenvalue weighted by Crippen LogP contribution is 2.26. The fourth-order valence-electron chi connectivity index (χ4n) is 2.86. The highest BCUT2D eigenvalue weighted by molar-refractivity contribution is 7.89. The van der Waals surface area contributed by atoms with Crippen molar-refractivity contribution in [1.82, 2.24) is 4.31 Å². The van der Waals surface area contributed by atoms with Crippen molar-refractivity contribution in [2.45, 2.75) is 11.8 Å². The van der Waals surface area contributed by atoms with Gasteiger partial charge in [-0.3, -0.25) is 4.79 Å². The van der Waals surface area contributed by atoms with Crippen molar-refractivity contribution >= 4 is 21.8 Å². The summed E-state index contributed by atoms with van der Waals surface area (Å²) < 4.78 is 42.8. The number of methoxy groups -OCH3 is 1. The number of rotatable bonds is 6. The first-order chi connectivity index (χ1) is 13.8. The van der Waals surface area contributed by atoms with Gasteiger partial charge in [-0.05, 0) is 49.4 Å². The highest BCUT2D eigenvalue weighted by atomic mass is 32.2. The molecule has 1 saturated heterocycles. The summed E-state index contributed by atoms with van der Waals surface area (Å²) in [5.41, 5.74) is 0.471. The third-order valence-corrected chi connectivity index (χ3v) is 6.36. The summed E-state index contributed by atoms with van der Waals surface area (Å²) in [6.07, 6.45) is 0. The molecule has 9 heteroatoms. The van der Waals surface area contributed by atoms with Crippen LogP contribution in [0.4, 0.5) is 0 Å². The average molecular weight is 419 g/mol. The van der Waals surface area contributed by atoms with Gasteiger partial charge in [0, 0.05) is 18.7 Å². The van der Waals surface area contributed by atoms with Crippen LogP contribution in [-0.2, 0) is 14.8 Å². The van der Waals surface area contributed by atoms with E-state index in [2.05, 4.69) is 0 Å². The Bertz CT molecular complexity index is 1010. The molecular weight excluding hydrogens is 398 g/mol. The van der Waals surface area contributed by atoms with Gasteiger partial charge in [0.15, 0.2) is 5.78 Å². The first-order valence-corrected chi connectivity index (χ1v) is 10.4. The lowest BCUT2D eigenvalue weighted by atomic mass is 10.1. The molecule has 0 radical (unpaired) electrons. The van der Waals surface area contributed by atoms with Gasteiger partial charge in [-0.1, -0.05) is 0 Å². The monoisotopic (exact) mass is 419 g/mol. The molecule has 1 aliphatic heterocycles. The standard InChI is InChI=1S/C20H21NO7S/c1-14(22)15-3-5-16(6-4-15)28-20(23)18-13-17(7-8-19(18)26-2)29(24,25)21-9-11-27-12-10-21/h3-8,13H,9-12H2,1-2H3. The first kappa shape index (κ1) is 21.0. The second-order valence-electron chi connectivity index (χ2n) is 6.35. The number of carbonyl (C=O) groups excluding carboxylic acids is 2. The Balaban J connectivity index is 1.88.